The molecule has 0 aliphatic rings. The average molecular weight is 275 g/mol. The van der Waals surface area contributed by atoms with Crippen LogP contribution in [0, 0.1) is 0 Å². The zero-order chi connectivity index (χ0) is 14.7. The molecule has 0 saturated heterocycles. The number of aromatic nitrogens is 2. The lowest BCUT2D eigenvalue weighted by Gasteiger charge is -2.07. The molecule has 0 unspecified atom stereocenters. The van der Waals surface area contributed by atoms with E-state index in [1.54, 1.807) is 30.1 Å². The molecule has 0 bridgehead atoms. The summed E-state index contributed by atoms with van der Waals surface area (Å²) in [6.07, 6.45) is 2.48. The van der Waals surface area contributed by atoms with Crippen LogP contribution in [0.3, 0.4) is 0 Å². The molecule has 1 aromatic heterocycles. The van der Waals surface area contributed by atoms with E-state index in [0.29, 0.717) is 17.0 Å². The molecular formula is C14H17N3O3. The van der Waals surface area contributed by atoms with Gasteiger partial charge in [0.15, 0.2) is 11.5 Å². The molecule has 0 spiro atoms. The van der Waals surface area contributed by atoms with Gasteiger partial charge in [-0.15, -0.1) is 0 Å². The number of carbonyl (C=O) groups excluding carboxylic acids is 1. The minimum Gasteiger partial charge on any atom is -0.504 e. The first-order valence-electron chi connectivity index (χ1n) is 6.26. The van der Waals surface area contributed by atoms with E-state index in [9.17, 15) is 9.90 Å². The minimum absolute atomic E-state index is 0.0675. The summed E-state index contributed by atoms with van der Waals surface area (Å²) in [7, 11) is 3.26. The van der Waals surface area contributed by atoms with Gasteiger partial charge >= 0.3 is 0 Å². The van der Waals surface area contributed by atoms with Crippen molar-refractivity contribution < 1.29 is 14.6 Å². The number of hydrogen-bond donors (Lipinski definition) is 2. The van der Waals surface area contributed by atoms with Gasteiger partial charge in [-0.1, -0.05) is 6.92 Å². The van der Waals surface area contributed by atoms with Crippen molar-refractivity contribution in [3.8, 4) is 11.5 Å². The summed E-state index contributed by atoms with van der Waals surface area (Å²) in [5.74, 6) is -0.0371. The van der Waals surface area contributed by atoms with Gasteiger partial charge in [-0.05, 0) is 24.6 Å². The molecule has 6 nitrogen and oxygen atoms in total. The Morgan fingerprint density at radius 3 is 2.85 bits per heavy atom. The standard InChI is InChI=1S/C14H17N3O3/c1-4-10-11(8-17(2)16-10)15-14(19)9-5-6-13(20-3)12(18)7-9/h5-8,18H,4H2,1-3H3,(H,15,19). The van der Waals surface area contributed by atoms with Crippen molar-refractivity contribution in [2.45, 2.75) is 13.3 Å². The monoisotopic (exact) mass is 275 g/mol. The van der Waals surface area contributed by atoms with Gasteiger partial charge in [0.2, 0.25) is 0 Å². The fourth-order valence-electron chi connectivity index (χ4n) is 1.93. The van der Waals surface area contributed by atoms with Gasteiger partial charge in [-0.3, -0.25) is 9.48 Å². The molecule has 1 amide bonds. The molecule has 1 aromatic carbocycles. The van der Waals surface area contributed by atoms with Gasteiger partial charge < -0.3 is 15.2 Å². The number of aromatic hydroxyl groups is 1. The summed E-state index contributed by atoms with van der Waals surface area (Å²) in [4.78, 5) is 12.1. The highest BCUT2D eigenvalue weighted by Gasteiger charge is 2.13. The highest BCUT2D eigenvalue weighted by Crippen LogP contribution is 2.26. The predicted molar refractivity (Wildman–Crippen MR) is 75.2 cm³/mol. The quantitative estimate of drug-likeness (QED) is 0.894. The molecule has 0 radical (unpaired) electrons. The van der Waals surface area contributed by atoms with E-state index in [1.807, 2.05) is 6.92 Å². The maximum Gasteiger partial charge on any atom is 0.255 e. The molecule has 0 saturated carbocycles. The molecule has 6 heteroatoms. The first kappa shape index (κ1) is 13.9. The number of rotatable bonds is 4. The van der Waals surface area contributed by atoms with E-state index in [-0.39, 0.29) is 11.7 Å². The molecule has 0 aliphatic heterocycles. The van der Waals surface area contributed by atoms with Gasteiger partial charge in [-0.2, -0.15) is 5.10 Å². The largest absolute Gasteiger partial charge is 0.504 e. The van der Waals surface area contributed by atoms with Crippen molar-refractivity contribution in [3.05, 3.63) is 35.7 Å². The Labute approximate surface area is 117 Å². The Balaban J connectivity index is 2.21. The number of aryl methyl sites for hydroxylation is 2. The van der Waals surface area contributed by atoms with Crippen molar-refractivity contribution in [3.63, 3.8) is 0 Å². The van der Waals surface area contributed by atoms with Crippen LogP contribution in [-0.2, 0) is 13.5 Å². The van der Waals surface area contributed by atoms with Crippen molar-refractivity contribution in [1.82, 2.24) is 9.78 Å². The fraction of sp³-hybridized carbons (Fsp3) is 0.286. The number of nitrogens with zero attached hydrogens (tertiary/aromatic N) is 2. The number of phenols is 1. The van der Waals surface area contributed by atoms with Gasteiger partial charge in [0.1, 0.15) is 0 Å². The highest BCUT2D eigenvalue weighted by atomic mass is 16.5. The average Bonchev–Trinajstić information content (AvgIpc) is 2.78. The number of methoxy groups -OCH3 is 1. The molecule has 2 rings (SSSR count). The Kier molecular flexibility index (Phi) is 3.93. The predicted octanol–water partition coefficient (Wildman–Crippen LogP) is 1.95. The number of amides is 1. The topological polar surface area (TPSA) is 76.4 Å². The first-order chi connectivity index (χ1) is 9.55. The summed E-state index contributed by atoms with van der Waals surface area (Å²) >= 11 is 0. The zero-order valence-corrected chi connectivity index (χ0v) is 11.7. The van der Waals surface area contributed by atoms with E-state index >= 15 is 0 Å². The third kappa shape index (κ3) is 2.74. The Morgan fingerprint density at radius 1 is 1.50 bits per heavy atom. The maximum atomic E-state index is 12.1. The minimum atomic E-state index is -0.300. The van der Waals surface area contributed by atoms with Crippen molar-refractivity contribution in [1.29, 1.82) is 0 Å². The van der Waals surface area contributed by atoms with Gasteiger partial charge in [0.25, 0.3) is 5.91 Å². The summed E-state index contributed by atoms with van der Waals surface area (Å²) < 4.78 is 6.60. The van der Waals surface area contributed by atoms with E-state index in [1.165, 1.54) is 13.2 Å². The van der Waals surface area contributed by atoms with E-state index in [2.05, 4.69) is 10.4 Å². The Bertz CT molecular complexity index is 635. The molecule has 106 valence electrons. The van der Waals surface area contributed by atoms with Crippen LogP contribution in [0.25, 0.3) is 0 Å². The van der Waals surface area contributed by atoms with Crippen LogP contribution in [0.4, 0.5) is 5.69 Å². The summed E-state index contributed by atoms with van der Waals surface area (Å²) in [6, 6.07) is 4.51. The summed E-state index contributed by atoms with van der Waals surface area (Å²) in [5, 5.41) is 16.7. The number of nitrogens with one attached hydrogen (secondary N) is 1. The van der Waals surface area contributed by atoms with Crippen LogP contribution >= 0.6 is 0 Å². The number of phenolic OH excluding ortho intramolecular Hbond substituents is 1. The third-order valence-electron chi connectivity index (χ3n) is 2.93. The first-order valence-corrected chi connectivity index (χ1v) is 6.26. The van der Waals surface area contributed by atoms with Crippen molar-refractivity contribution >= 4 is 11.6 Å². The lowest BCUT2D eigenvalue weighted by atomic mass is 10.2. The van der Waals surface area contributed by atoms with Gasteiger partial charge in [0, 0.05) is 18.8 Å². The van der Waals surface area contributed by atoms with Crippen molar-refractivity contribution in [2.24, 2.45) is 7.05 Å². The normalized spacial score (nSPS) is 10.3. The van der Waals surface area contributed by atoms with Crippen LogP contribution in [-0.4, -0.2) is 27.9 Å². The van der Waals surface area contributed by atoms with E-state index in [4.69, 9.17) is 4.74 Å². The molecule has 20 heavy (non-hydrogen) atoms. The second-order valence-corrected chi connectivity index (χ2v) is 4.36. The number of carbonyl (C=O) groups is 1. The molecule has 0 fully saturated rings. The van der Waals surface area contributed by atoms with Gasteiger partial charge in [0.05, 0.1) is 18.5 Å². The SMILES string of the molecule is CCc1nn(C)cc1NC(=O)c1ccc(OC)c(O)c1. The van der Waals surface area contributed by atoms with Gasteiger partial charge in [-0.25, -0.2) is 0 Å². The third-order valence-corrected chi connectivity index (χ3v) is 2.93. The fourth-order valence-corrected chi connectivity index (χ4v) is 1.93. The zero-order valence-electron chi connectivity index (χ0n) is 11.7. The lowest BCUT2D eigenvalue weighted by Crippen LogP contribution is -2.12. The van der Waals surface area contributed by atoms with Crippen molar-refractivity contribution in [2.75, 3.05) is 12.4 Å². The van der Waals surface area contributed by atoms with Crippen LogP contribution in [0.5, 0.6) is 11.5 Å². The molecule has 0 atom stereocenters. The second kappa shape index (κ2) is 5.64. The number of hydrogen-bond acceptors (Lipinski definition) is 4. The highest BCUT2D eigenvalue weighted by molar-refractivity contribution is 6.04. The maximum absolute atomic E-state index is 12.1. The van der Waals surface area contributed by atoms with Crippen LogP contribution in [0.1, 0.15) is 23.0 Å². The Morgan fingerprint density at radius 2 is 2.25 bits per heavy atom. The molecule has 1 heterocycles. The van der Waals surface area contributed by atoms with E-state index in [0.717, 1.165) is 12.1 Å². The lowest BCUT2D eigenvalue weighted by molar-refractivity contribution is 0.102. The number of benzene rings is 1. The summed E-state index contributed by atoms with van der Waals surface area (Å²) in [5.41, 5.74) is 1.85. The van der Waals surface area contributed by atoms with Crippen LogP contribution < -0.4 is 10.1 Å². The molecule has 2 aromatic rings. The van der Waals surface area contributed by atoms with Crippen LogP contribution in [0.2, 0.25) is 0 Å². The van der Waals surface area contributed by atoms with Crippen LogP contribution in [0.15, 0.2) is 24.4 Å². The number of anilines is 1. The summed E-state index contributed by atoms with van der Waals surface area (Å²) in [6.45, 7) is 1.97. The smallest absolute Gasteiger partial charge is 0.255 e. The Hall–Kier alpha value is -2.50. The molecule has 2 N–H and O–H groups in total. The second-order valence-electron chi connectivity index (χ2n) is 4.36. The van der Waals surface area contributed by atoms with E-state index < -0.39 is 0 Å². The number of ether oxygens (including phenoxy) is 1. The molecular weight excluding hydrogens is 258 g/mol. The molecule has 0 aliphatic carbocycles.